The average Bonchev–Trinajstić information content (AvgIpc) is 3.15. The molecule has 0 aromatic carbocycles. The highest BCUT2D eigenvalue weighted by Gasteiger charge is 2.45. The Morgan fingerprint density at radius 3 is 3.33 bits per heavy atom. The lowest BCUT2D eigenvalue weighted by atomic mass is 9.89. The summed E-state index contributed by atoms with van der Waals surface area (Å²) in [6, 6.07) is 1.59. The fraction of sp³-hybridized carbons (Fsp3) is 0.600. The van der Waals surface area contributed by atoms with Crippen LogP contribution in [0, 0.1) is 0 Å². The number of hydrogen-bond donors (Lipinski definition) is 0. The van der Waals surface area contributed by atoms with Crippen LogP contribution in [0.1, 0.15) is 29.8 Å². The van der Waals surface area contributed by atoms with Crippen LogP contribution in [0.15, 0.2) is 29.4 Å². The Morgan fingerprint density at radius 1 is 1.67 bits per heavy atom. The largest absolute Gasteiger partial charge is 0.372 e. The topological polar surface area (TPSA) is 64.8 Å². The van der Waals surface area contributed by atoms with Crippen LogP contribution in [0.3, 0.4) is 0 Å². The van der Waals surface area contributed by atoms with E-state index in [1.807, 2.05) is 0 Å². The molecule has 2 aliphatic heterocycles. The lowest BCUT2D eigenvalue weighted by Gasteiger charge is -2.39. The molecule has 2 aliphatic rings. The zero-order chi connectivity index (χ0) is 14.7. The minimum Gasteiger partial charge on any atom is -0.372 e. The molecule has 1 aromatic heterocycles. The number of amides is 1. The van der Waals surface area contributed by atoms with Crippen molar-refractivity contribution in [3.63, 3.8) is 0 Å². The summed E-state index contributed by atoms with van der Waals surface area (Å²) in [6.45, 7) is 6.08. The van der Waals surface area contributed by atoms with Gasteiger partial charge in [0.05, 0.1) is 37.7 Å². The lowest BCUT2D eigenvalue weighted by Crippen LogP contribution is -2.50. The van der Waals surface area contributed by atoms with Gasteiger partial charge in [-0.05, 0) is 12.8 Å². The summed E-state index contributed by atoms with van der Waals surface area (Å²) in [5, 5.41) is 3.59. The highest BCUT2D eigenvalue weighted by molar-refractivity contribution is 5.91. The molecule has 0 saturated carbocycles. The molecule has 1 amide bonds. The Kier molecular flexibility index (Phi) is 4.07. The Bertz CT molecular complexity index is 502. The molecule has 0 radical (unpaired) electrons. The van der Waals surface area contributed by atoms with E-state index < -0.39 is 0 Å². The molecule has 0 N–H and O–H groups in total. The van der Waals surface area contributed by atoms with E-state index in [-0.39, 0.29) is 23.4 Å². The van der Waals surface area contributed by atoms with E-state index in [1.165, 1.54) is 6.20 Å². The number of aromatic nitrogens is 1. The molecule has 2 saturated heterocycles. The van der Waals surface area contributed by atoms with Crippen LogP contribution in [0.25, 0.3) is 0 Å². The summed E-state index contributed by atoms with van der Waals surface area (Å²) in [5.41, 5.74) is -0.278. The number of ether oxygens (including phenoxy) is 2. The summed E-state index contributed by atoms with van der Waals surface area (Å²) in [5.74, 6) is 0.162. The van der Waals surface area contributed by atoms with Crippen LogP contribution in [0.2, 0.25) is 0 Å². The zero-order valence-electron chi connectivity index (χ0n) is 12.0. The Hall–Kier alpha value is -1.66. The maximum atomic E-state index is 12.3. The second-order valence-corrected chi connectivity index (χ2v) is 5.65. The number of likely N-dealkylation sites (tertiary alicyclic amines) is 1. The molecular weight excluding hydrogens is 272 g/mol. The summed E-state index contributed by atoms with van der Waals surface area (Å²) >= 11 is 0. The molecular formula is C15H20N2O4. The van der Waals surface area contributed by atoms with Crippen molar-refractivity contribution in [2.24, 2.45) is 0 Å². The van der Waals surface area contributed by atoms with E-state index in [9.17, 15) is 4.79 Å². The van der Waals surface area contributed by atoms with Crippen LogP contribution >= 0.6 is 0 Å². The fourth-order valence-electron chi connectivity index (χ4n) is 3.15. The van der Waals surface area contributed by atoms with Gasteiger partial charge in [-0.3, -0.25) is 4.79 Å². The first-order chi connectivity index (χ1) is 10.2. The van der Waals surface area contributed by atoms with Gasteiger partial charge in [0.25, 0.3) is 5.91 Å². The van der Waals surface area contributed by atoms with Crippen molar-refractivity contribution in [1.82, 2.24) is 10.1 Å². The summed E-state index contributed by atoms with van der Waals surface area (Å²) in [7, 11) is 0. The van der Waals surface area contributed by atoms with E-state index in [4.69, 9.17) is 14.0 Å². The van der Waals surface area contributed by atoms with E-state index in [0.29, 0.717) is 19.8 Å². The van der Waals surface area contributed by atoms with Crippen molar-refractivity contribution >= 4 is 5.91 Å². The van der Waals surface area contributed by atoms with Gasteiger partial charge in [-0.25, -0.2) is 0 Å². The van der Waals surface area contributed by atoms with Gasteiger partial charge in [0.15, 0.2) is 0 Å². The summed E-state index contributed by atoms with van der Waals surface area (Å²) in [6.07, 6.45) is 6.02. The molecule has 6 nitrogen and oxygen atoms in total. The van der Waals surface area contributed by atoms with Crippen molar-refractivity contribution in [2.45, 2.75) is 31.0 Å². The molecule has 0 bridgehead atoms. The third-order valence-corrected chi connectivity index (χ3v) is 4.10. The van der Waals surface area contributed by atoms with Crippen molar-refractivity contribution in [3.8, 4) is 0 Å². The zero-order valence-corrected chi connectivity index (χ0v) is 12.0. The van der Waals surface area contributed by atoms with Crippen molar-refractivity contribution in [3.05, 3.63) is 30.7 Å². The maximum absolute atomic E-state index is 12.3. The van der Waals surface area contributed by atoms with Gasteiger partial charge in [0.2, 0.25) is 5.76 Å². The molecule has 1 spiro atoms. The molecule has 3 rings (SSSR count). The SMILES string of the molecule is C=CCO[C@@H]1CO[C@@]2(CCCN(C(=O)c3ccno3)C2)C1. The predicted octanol–water partition coefficient (Wildman–Crippen LogP) is 1.64. The number of rotatable bonds is 4. The smallest absolute Gasteiger partial charge is 0.292 e. The second-order valence-electron chi connectivity index (χ2n) is 5.65. The average molecular weight is 292 g/mol. The summed E-state index contributed by atoms with van der Waals surface area (Å²) < 4.78 is 16.6. The van der Waals surface area contributed by atoms with Crippen molar-refractivity contribution in [1.29, 1.82) is 0 Å². The molecule has 2 fully saturated rings. The minimum absolute atomic E-state index is 0.0864. The molecule has 0 aliphatic carbocycles. The van der Waals surface area contributed by atoms with Crippen LogP contribution in [-0.4, -0.2) is 54.0 Å². The molecule has 2 atom stereocenters. The Labute approximate surface area is 123 Å². The number of carbonyl (C=O) groups excluding carboxylic acids is 1. The van der Waals surface area contributed by atoms with Crippen LogP contribution in [-0.2, 0) is 9.47 Å². The molecule has 114 valence electrons. The van der Waals surface area contributed by atoms with E-state index in [1.54, 1.807) is 17.0 Å². The molecule has 0 unspecified atom stereocenters. The second kappa shape index (κ2) is 5.99. The van der Waals surface area contributed by atoms with Gasteiger partial charge >= 0.3 is 0 Å². The quantitative estimate of drug-likeness (QED) is 0.789. The lowest BCUT2D eigenvalue weighted by molar-refractivity contribution is -0.0467. The van der Waals surface area contributed by atoms with Crippen molar-refractivity contribution in [2.75, 3.05) is 26.3 Å². The van der Waals surface area contributed by atoms with Crippen LogP contribution < -0.4 is 0 Å². The highest BCUT2D eigenvalue weighted by Crippen LogP contribution is 2.36. The van der Waals surface area contributed by atoms with Gasteiger partial charge in [-0.15, -0.1) is 6.58 Å². The van der Waals surface area contributed by atoms with E-state index in [2.05, 4.69) is 11.7 Å². The van der Waals surface area contributed by atoms with Gasteiger partial charge in [0, 0.05) is 19.0 Å². The minimum atomic E-state index is -0.278. The normalized spacial score (nSPS) is 29.0. The first kappa shape index (κ1) is 14.3. The van der Waals surface area contributed by atoms with Gasteiger partial charge < -0.3 is 18.9 Å². The first-order valence-corrected chi connectivity index (χ1v) is 7.29. The van der Waals surface area contributed by atoms with E-state index >= 15 is 0 Å². The number of hydrogen-bond acceptors (Lipinski definition) is 5. The third kappa shape index (κ3) is 3.01. The maximum Gasteiger partial charge on any atom is 0.292 e. The summed E-state index contributed by atoms with van der Waals surface area (Å²) in [4.78, 5) is 14.1. The number of carbonyl (C=O) groups is 1. The van der Waals surface area contributed by atoms with Crippen molar-refractivity contribution < 1.29 is 18.8 Å². The first-order valence-electron chi connectivity index (χ1n) is 7.29. The van der Waals surface area contributed by atoms with Crippen LogP contribution in [0.4, 0.5) is 0 Å². The standard InChI is InChI=1S/C15H20N2O4/c1-2-8-19-12-9-15(20-10-12)5-3-7-17(11-15)14(18)13-4-6-16-21-13/h2,4,6,12H,1,3,5,7-11H2/t12-,15-/m0/s1. The van der Waals surface area contributed by atoms with Gasteiger partial charge in [0.1, 0.15) is 0 Å². The third-order valence-electron chi connectivity index (χ3n) is 4.10. The monoisotopic (exact) mass is 292 g/mol. The highest BCUT2D eigenvalue weighted by atomic mass is 16.6. The molecule has 21 heavy (non-hydrogen) atoms. The molecule has 3 heterocycles. The van der Waals surface area contributed by atoms with Gasteiger partial charge in [-0.1, -0.05) is 11.2 Å². The fourth-order valence-corrected chi connectivity index (χ4v) is 3.15. The Balaban J connectivity index is 1.63. The molecule has 6 heteroatoms. The van der Waals surface area contributed by atoms with E-state index in [0.717, 1.165) is 25.8 Å². The molecule has 1 aromatic rings. The Morgan fingerprint density at radius 2 is 2.57 bits per heavy atom. The number of nitrogens with zero attached hydrogens (tertiary/aromatic N) is 2. The van der Waals surface area contributed by atoms with Crippen LogP contribution in [0.5, 0.6) is 0 Å². The number of piperidine rings is 1. The van der Waals surface area contributed by atoms with Gasteiger partial charge in [-0.2, -0.15) is 0 Å². The predicted molar refractivity (Wildman–Crippen MR) is 74.9 cm³/mol.